The third kappa shape index (κ3) is 3.88. The van der Waals surface area contributed by atoms with Gasteiger partial charge in [-0.3, -0.25) is 9.10 Å². The summed E-state index contributed by atoms with van der Waals surface area (Å²) in [7, 11) is -3.19. The van der Waals surface area contributed by atoms with Crippen molar-refractivity contribution >= 4 is 38.9 Å². The Labute approximate surface area is 146 Å². The SMILES string of the molecule is O=C(Cc1ccc(Cl)cc1)Nc1ccc(N2CCCS2(=O)=O)cc1. The monoisotopic (exact) mass is 364 g/mol. The maximum absolute atomic E-state index is 12.1. The first-order valence-electron chi connectivity index (χ1n) is 7.59. The van der Waals surface area contributed by atoms with E-state index in [1.807, 2.05) is 12.1 Å². The van der Waals surface area contributed by atoms with Crippen LogP contribution in [-0.2, 0) is 21.2 Å². The van der Waals surface area contributed by atoms with Crippen molar-refractivity contribution < 1.29 is 13.2 Å². The molecular weight excluding hydrogens is 348 g/mol. The van der Waals surface area contributed by atoms with Gasteiger partial charge in [0.2, 0.25) is 15.9 Å². The number of sulfonamides is 1. The van der Waals surface area contributed by atoms with E-state index in [4.69, 9.17) is 11.6 Å². The van der Waals surface area contributed by atoms with E-state index in [1.54, 1.807) is 36.4 Å². The van der Waals surface area contributed by atoms with Crippen molar-refractivity contribution in [3.05, 3.63) is 59.1 Å². The minimum atomic E-state index is -3.19. The second kappa shape index (κ2) is 6.83. The van der Waals surface area contributed by atoms with E-state index in [-0.39, 0.29) is 18.1 Å². The van der Waals surface area contributed by atoms with Crippen LogP contribution in [0.5, 0.6) is 0 Å². The third-order valence-electron chi connectivity index (χ3n) is 3.82. The lowest BCUT2D eigenvalue weighted by Gasteiger charge is -2.17. The highest BCUT2D eigenvalue weighted by atomic mass is 35.5. The summed E-state index contributed by atoms with van der Waals surface area (Å²) in [6, 6.07) is 13.9. The second-order valence-corrected chi connectivity index (χ2v) is 8.09. The predicted octanol–water partition coefficient (Wildman–Crippen LogP) is 3.06. The number of nitrogens with one attached hydrogen (secondary N) is 1. The molecule has 0 saturated carbocycles. The molecule has 0 spiro atoms. The van der Waals surface area contributed by atoms with Gasteiger partial charge in [0.1, 0.15) is 0 Å². The molecule has 0 atom stereocenters. The van der Waals surface area contributed by atoms with Crippen molar-refractivity contribution in [2.45, 2.75) is 12.8 Å². The van der Waals surface area contributed by atoms with Crippen molar-refractivity contribution in [1.82, 2.24) is 0 Å². The van der Waals surface area contributed by atoms with Crippen molar-refractivity contribution in [2.75, 3.05) is 21.9 Å². The molecule has 2 aromatic carbocycles. The average molecular weight is 365 g/mol. The van der Waals surface area contributed by atoms with Crippen molar-refractivity contribution in [1.29, 1.82) is 0 Å². The molecular formula is C17H17ClN2O3S. The zero-order chi connectivity index (χ0) is 17.2. The van der Waals surface area contributed by atoms with E-state index in [0.717, 1.165) is 5.56 Å². The summed E-state index contributed by atoms with van der Waals surface area (Å²) in [5.41, 5.74) is 2.13. The molecule has 1 aliphatic rings. The third-order valence-corrected chi connectivity index (χ3v) is 5.94. The van der Waals surface area contributed by atoms with Crippen LogP contribution in [0, 0.1) is 0 Å². The van der Waals surface area contributed by atoms with Crippen LogP contribution < -0.4 is 9.62 Å². The number of benzene rings is 2. The molecule has 0 bridgehead atoms. The Morgan fingerprint density at radius 3 is 2.33 bits per heavy atom. The van der Waals surface area contributed by atoms with Gasteiger partial charge in [-0.15, -0.1) is 0 Å². The van der Waals surface area contributed by atoms with Gasteiger partial charge in [-0.25, -0.2) is 8.42 Å². The first-order valence-corrected chi connectivity index (χ1v) is 9.57. The van der Waals surface area contributed by atoms with Gasteiger partial charge in [0.05, 0.1) is 17.9 Å². The van der Waals surface area contributed by atoms with Crippen molar-refractivity contribution in [2.24, 2.45) is 0 Å². The van der Waals surface area contributed by atoms with Gasteiger partial charge in [0.15, 0.2) is 0 Å². The fourth-order valence-corrected chi connectivity index (χ4v) is 4.32. The van der Waals surface area contributed by atoms with Crippen LogP contribution in [-0.4, -0.2) is 26.6 Å². The lowest BCUT2D eigenvalue weighted by molar-refractivity contribution is -0.115. The van der Waals surface area contributed by atoms with E-state index >= 15 is 0 Å². The van der Waals surface area contributed by atoms with Crippen LogP contribution in [0.15, 0.2) is 48.5 Å². The molecule has 5 nitrogen and oxygen atoms in total. The molecule has 1 N–H and O–H groups in total. The highest BCUT2D eigenvalue weighted by molar-refractivity contribution is 7.93. The van der Waals surface area contributed by atoms with Crippen molar-refractivity contribution in [3.8, 4) is 0 Å². The summed E-state index contributed by atoms with van der Waals surface area (Å²) in [6.07, 6.45) is 0.890. The molecule has 3 rings (SSSR count). The summed E-state index contributed by atoms with van der Waals surface area (Å²) < 4.78 is 25.2. The van der Waals surface area contributed by atoms with Gasteiger partial charge in [0, 0.05) is 17.3 Å². The maximum atomic E-state index is 12.1. The molecule has 0 aromatic heterocycles. The highest BCUT2D eigenvalue weighted by Gasteiger charge is 2.28. The lowest BCUT2D eigenvalue weighted by Crippen LogP contribution is -2.25. The number of carbonyl (C=O) groups is 1. The Kier molecular flexibility index (Phi) is 4.78. The van der Waals surface area contributed by atoms with Crippen molar-refractivity contribution in [3.63, 3.8) is 0 Å². The largest absolute Gasteiger partial charge is 0.326 e. The molecule has 0 aliphatic carbocycles. The van der Waals surface area contributed by atoms with Gasteiger partial charge in [0.25, 0.3) is 0 Å². The van der Waals surface area contributed by atoms with E-state index in [9.17, 15) is 13.2 Å². The van der Waals surface area contributed by atoms with E-state index in [0.29, 0.717) is 29.4 Å². The summed E-state index contributed by atoms with van der Waals surface area (Å²) in [5.74, 6) is 0.0471. The molecule has 2 aromatic rings. The van der Waals surface area contributed by atoms with Gasteiger partial charge in [-0.1, -0.05) is 23.7 Å². The Balaban J connectivity index is 1.63. The average Bonchev–Trinajstić information content (AvgIpc) is 2.90. The molecule has 1 fully saturated rings. The van der Waals surface area contributed by atoms with Crippen LogP contribution in [0.4, 0.5) is 11.4 Å². The second-order valence-electron chi connectivity index (χ2n) is 5.64. The number of rotatable bonds is 4. The zero-order valence-corrected chi connectivity index (χ0v) is 14.5. The number of anilines is 2. The first kappa shape index (κ1) is 16.8. The van der Waals surface area contributed by atoms with E-state index in [2.05, 4.69) is 5.32 Å². The Bertz CT molecular complexity index is 833. The number of carbonyl (C=O) groups excluding carboxylic acids is 1. The Morgan fingerprint density at radius 1 is 1.08 bits per heavy atom. The Morgan fingerprint density at radius 2 is 1.75 bits per heavy atom. The van der Waals surface area contributed by atoms with Crippen LogP contribution in [0.3, 0.4) is 0 Å². The normalized spacial score (nSPS) is 16.1. The molecule has 1 aliphatic heterocycles. The number of hydrogen-bond acceptors (Lipinski definition) is 3. The Hall–Kier alpha value is -2.05. The fraction of sp³-hybridized carbons (Fsp3) is 0.235. The summed E-state index contributed by atoms with van der Waals surface area (Å²) in [6.45, 7) is 0.505. The minimum absolute atomic E-state index is 0.140. The summed E-state index contributed by atoms with van der Waals surface area (Å²) in [4.78, 5) is 12.1. The molecule has 1 heterocycles. The summed E-state index contributed by atoms with van der Waals surface area (Å²) in [5, 5.41) is 3.43. The number of amides is 1. The first-order chi connectivity index (χ1) is 11.4. The van der Waals surface area contributed by atoms with Crippen LogP contribution in [0.2, 0.25) is 5.02 Å². The number of nitrogens with zero attached hydrogens (tertiary/aromatic N) is 1. The topological polar surface area (TPSA) is 66.5 Å². The summed E-state index contributed by atoms with van der Waals surface area (Å²) >= 11 is 5.82. The van der Waals surface area contributed by atoms with Gasteiger partial charge in [-0.2, -0.15) is 0 Å². The zero-order valence-electron chi connectivity index (χ0n) is 12.9. The van der Waals surface area contributed by atoms with Gasteiger partial charge >= 0.3 is 0 Å². The smallest absolute Gasteiger partial charge is 0.235 e. The van der Waals surface area contributed by atoms with Gasteiger partial charge < -0.3 is 5.32 Å². The highest BCUT2D eigenvalue weighted by Crippen LogP contribution is 2.25. The van der Waals surface area contributed by atoms with E-state index in [1.165, 1.54) is 4.31 Å². The fourth-order valence-electron chi connectivity index (χ4n) is 2.63. The predicted molar refractivity (Wildman–Crippen MR) is 96.0 cm³/mol. The van der Waals surface area contributed by atoms with E-state index < -0.39 is 10.0 Å². The molecule has 0 unspecified atom stereocenters. The maximum Gasteiger partial charge on any atom is 0.235 e. The minimum Gasteiger partial charge on any atom is -0.326 e. The number of halogens is 1. The standard InChI is InChI=1S/C17H17ClN2O3S/c18-14-4-2-13(3-5-14)12-17(21)19-15-6-8-16(9-7-15)20-10-1-11-24(20,22)23/h2-9H,1,10-12H2,(H,19,21). The molecule has 126 valence electrons. The molecule has 24 heavy (non-hydrogen) atoms. The van der Waals surface area contributed by atoms with Gasteiger partial charge in [-0.05, 0) is 48.4 Å². The lowest BCUT2D eigenvalue weighted by atomic mass is 10.1. The number of hydrogen-bond donors (Lipinski definition) is 1. The van der Waals surface area contributed by atoms with Crippen LogP contribution >= 0.6 is 11.6 Å². The molecule has 1 saturated heterocycles. The quantitative estimate of drug-likeness (QED) is 0.906. The van der Waals surface area contributed by atoms with Crippen LogP contribution in [0.1, 0.15) is 12.0 Å². The molecule has 0 radical (unpaired) electrons. The van der Waals surface area contributed by atoms with Crippen LogP contribution in [0.25, 0.3) is 0 Å². The molecule has 7 heteroatoms. The molecule has 1 amide bonds.